The zero-order valence-corrected chi connectivity index (χ0v) is 20.0. The highest BCUT2D eigenvalue weighted by molar-refractivity contribution is 5.70. The number of benzene rings is 2. The van der Waals surface area contributed by atoms with Crippen LogP contribution in [-0.2, 0) is 16.6 Å². The molecule has 0 spiro atoms. The second kappa shape index (κ2) is 12.0. The highest BCUT2D eigenvalue weighted by Crippen LogP contribution is 2.38. The second-order valence-corrected chi connectivity index (χ2v) is 7.94. The van der Waals surface area contributed by atoms with Crippen molar-refractivity contribution in [2.45, 2.75) is 44.4 Å². The Morgan fingerprint density at radius 3 is 2.06 bits per heavy atom. The number of carbonyl (C=O) groups is 1. The van der Waals surface area contributed by atoms with Gasteiger partial charge in [0.2, 0.25) is 0 Å². The maximum Gasteiger partial charge on any atom is 0.306 e. The molecule has 0 fully saturated rings. The van der Waals surface area contributed by atoms with Gasteiger partial charge in [-0.3, -0.25) is 4.79 Å². The molecule has 7 nitrogen and oxygen atoms in total. The Morgan fingerprint density at radius 2 is 1.55 bits per heavy atom. The first-order valence-corrected chi connectivity index (χ1v) is 10.9. The summed E-state index contributed by atoms with van der Waals surface area (Å²) in [5.41, 5.74) is 0.977. The van der Waals surface area contributed by atoms with Gasteiger partial charge in [0.15, 0.2) is 23.0 Å². The van der Waals surface area contributed by atoms with Crippen molar-refractivity contribution in [2.24, 2.45) is 5.92 Å². The van der Waals surface area contributed by atoms with E-state index in [0.717, 1.165) is 11.1 Å². The Bertz CT molecular complexity index is 983. The second-order valence-electron chi connectivity index (χ2n) is 7.94. The summed E-state index contributed by atoms with van der Waals surface area (Å²) < 4.78 is 21.3. The van der Waals surface area contributed by atoms with Crippen LogP contribution >= 0.6 is 0 Å². The molecule has 2 unspecified atom stereocenters. The lowest BCUT2D eigenvalue weighted by Gasteiger charge is -2.27. The van der Waals surface area contributed by atoms with E-state index >= 15 is 0 Å². The number of carboxylic acid groups (broad SMARTS) is 1. The normalized spacial score (nSPS) is 13.3. The van der Waals surface area contributed by atoms with E-state index in [2.05, 4.69) is 6.07 Å². The largest absolute Gasteiger partial charge is 0.493 e. The lowest BCUT2D eigenvalue weighted by Crippen LogP contribution is -2.24. The minimum Gasteiger partial charge on any atom is -0.493 e. The van der Waals surface area contributed by atoms with Gasteiger partial charge in [0.25, 0.3) is 0 Å². The Hall–Kier alpha value is -3.40. The number of hydrogen-bond acceptors (Lipinski definition) is 6. The smallest absolute Gasteiger partial charge is 0.306 e. The molecule has 0 bridgehead atoms. The van der Waals surface area contributed by atoms with E-state index < -0.39 is 17.3 Å². The van der Waals surface area contributed by atoms with Crippen LogP contribution in [0.1, 0.15) is 43.7 Å². The van der Waals surface area contributed by atoms with Crippen molar-refractivity contribution in [2.75, 3.05) is 28.4 Å². The molecule has 0 aliphatic heterocycles. The zero-order valence-electron chi connectivity index (χ0n) is 20.0. The summed E-state index contributed by atoms with van der Waals surface area (Å²) in [6.07, 6.45) is 2.58. The van der Waals surface area contributed by atoms with Gasteiger partial charge in [-0.25, -0.2) is 0 Å². The fraction of sp³-hybridized carbons (Fsp3) is 0.462. The topological polar surface area (TPSA) is 98.0 Å². The first-order chi connectivity index (χ1) is 15.9. The summed E-state index contributed by atoms with van der Waals surface area (Å²) in [4.78, 5) is 11.9. The highest BCUT2D eigenvalue weighted by atomic mass is 16.5. The van der Waals surface area contributed by atoms with Gasteiger partial charge in [-0.2, -0.15) is 5.26 Å². The molecule has 33 heavy (non-hydrogen) atoms. The Morgan fingerprint density at radius 1 is 0.970 bits per heavy atom. The minimum absolute atomic E-state index is 0.373. The average Bonchev–Trinajstić information content (AvgIpc) is 2.85. The van der Waals surface area contributed by atoms with Crippen LogP contribution in [0.25, 0.3) is 0 Å². The van der Waals surface area contributed by atoms with Crippen molar-refractivity contribution < 1.29 is 28.8 Å². The van der Waals surface area contributed by atoms with Gasteiger partial charge >= 0.3 is 5.97 Å². The Labute approximate surface area is 195 Å². The van der Waals surface area contributed by atoms with Crippen molar-refractivity contribution >= 4 is 5.97 Å². The number of nitrogens with zero attached hydrogens (tertiary/aromatic N) is 1. The molecule has 7 heteroatoms. The van der Waals surface area contributed by atoms with E-state index in [0.29, 0.717) is 55.1 Å². The fourth-order valence-corrected chi connectivity index (χ4v) is 4.11. The molecule has 0 heterocycles. The van der Waals surface area contributed by atoms with Crippen molar-refractivity contribution in [1.82, 2.24) is 0 Å². The molecular formula is C26H33NO6. The number of nitriles is 1. The van der Waals surface area contributed by atoms with Crippen molar-refractivity contribution in [1.29, 1.82) is 5.26 Å². The van der Waals surface area contributed by atoms with E-state index in [-0.39, 0.29) is 0 Å². The lowest BCUT2D eigenvalue weighted by molar-refractivity contribution is -0.142. The van der Waals surface area contributed by atoms with Crippen molar-refractivity contribution in [3.8, 4) is 29.1 Å². The molecule has 178 valence electrons. The van der Waals surface area contributed by atoms with Crippen LogP contribution < -0.4 is 18.9 Å². The molecule has 0 saturated carbocycles. The van der Waals surface area contributed by atoms with Crippen molar-refractivity contribution in [3.63, 3.8) is 0 Å². The van der Waals surface area contributed by atoms with E-state index in [9.17, 15) is 15.2 Å². The van der Waals surface area contributed by atoms with E-state index in [1.807, 2.05) is 31.2 Å². The van der Waals surface area contributed by atoms with Gasteiger partial charge in [0, 0.05) is 0 Å². The molecule has 2 aromatic rings. The van der Waals surface area contributed by atoms with E-state index in [1.54, 1.807) is 40.6 Å². The third-order valence-electron chi connectivity index (χ3n) is 6.19. The Balaban J connectivity index is 2.16. The van der Waals surface area contributed by atoms with E-state index in [4.69, 9.17) is 18.9 Å². The Kier molecular flexibility index (Phi) is 9.41. The van der Waals surface area contributed by atoms with Crippen LogP contribution in [0.15, 0.2) is 36.4 Å². The number of carboxylic acids is 1. The quantitative estimate of drug-likeness (QED) is 0.453. The van der Waals surface area contributed by atoms with Gasteiger partial charge in [-0.1, -0.05) is 25.5 Å². The molecule has 0 saturated heterocycles. The third-order valence-corrected chi connectivity index (χ3v) is 6.19. The maximum absolute atomic E-state index is 11.9. The SMILES string of the molecule is CCC(C#N)(CCCC(Cc1ccc(OC)c(OC)c1)C(=O)O)c1ccc(OC)c(OC)c1. The number of rotatable bonds is 13. The average molecular weight is 456 g/mol. The van der Waals surface area contributed by atoms with Crippen LogP contribution in [0.2, 0.25) is 0 Å². The number of hydrogen-bond donors (Lipinski definition) is 1. The molecule has 0 radical (unpaired) electrons. The number of aliphatic carboxylic acids is 1. The molecular weight excluding hydrogens is 422 g/mol. The summed E-state index contributed by atoms with van der Waals surface area (Å²) in [6.45, 7) is 1.97. The van der Waals surface area contributed by atoms with Crippen LogP contribution in [0, 0.1) is 17.2 Å². The van der Waals surface area contributed by atoms with Crippen LogP contribution in [0.5, 0.6) is 23.0 Å². The van der Waals surface area contributed by atoms with Crippen LogP contribution in [0.4, 0.5) is 0 Å². The standard InChI is InChI=1S/C26H33NO6/c1-6-26(17-27,20-10-12-22(31-3)24(16-20)33-5)13-7-8-19(25(28)29)14-18-9-11-21(30-2)23(15-18)32-4/h9-12,15-16,19H,6-8,13-14H2,1-5H3,(H,28,29). The predicted molar refractivity (Wildman–Crippen MR) is 125 cm³/mol. The molecule has 0 aliphatic carbocycles. The van der Waals surface area contributed by atoms with Gasteiger partial charge in [-0.15, -0.1) is 0 Å². The van der Waals surface area contributed by atoms with Crippen LogP contribution in [0.3, 0.4) is 0 Å². The number of ether oxygens (including phenoxy) is 4. The molecule has 1 N–H and O–H groups in total. The van der Waals surface area contributed by atoms with Gasteiger partial charge in [0.05, 0.1) is 45.8 Å². The highest BCUT2D eigenvalue weighted by Gasteiger charge is 2.32. The summed E-state index contributed by atoms with van der Waals surface area (Å²) in [7, 11) is 6.24. The van der Waals surface area contributed by atoms with Crippen molar-refractivity contribution in [3.05, 3.63) is 47.5 Å². The van der Waals surface area contributed by atoms with Gasteiger partial charge in [0.1, 0.15) is 0 Å². The lowest BCUT2D eigenvalue weighted by atomic mass is 9.74. The molecule has 0 aliphatic rings. The molecule has 2 atom stereocenters. The minimum atomic E-state index is -0.852. The third kappa shape index (κ3) is 6.10. The molecule has 0 aromatic heterocycles. The summed E-state index contributed by atoms with van der Waals surface area (Å²) >= 11 is 0. The first-order valence-electron chi connectivity index (χ1n) is 10.9. The molecule has 0 amide bonds. The first kappa shape index (κ1) is 25.9. The summed E-state index contributed by atoms with van der Waals surface area (Å²) in [6, 6.07) is 13.4. The predicted octanol–water partition coefficient (Wildman–Crippen LogP) is 5.01. The molecule has 2 aromatic carbocycles. The van der Waals surface area contributed by atoms with Gasteiger partial charge < -0.3 is 24.1 Å². The number of methoxy groups -OCH3 is 4. The fourth-order valence-electron chi connectivity index (χ4n) is 4.11. The summed E-state index contributed by atoms with van der Waals surface area (Å²) in [5.74, 6) is 0.925. The monoisotopic (exact) mass is 455 g/mol. The maximum atomic E-state index is 11.9. The van der Waals surface area contributed by atoms with Crippen LogP contribution in [-0.4, -0.2) is 39.5 Å². The summed E-state index contributed by atoms with van der Waals surface area (Å²) in [5, 5.41) is 19.9. The molecule has 2 rings (SSSR count). The van der Waals surface area contributed by atoms with Gasteiger partial charge in [-0.05, 0) is 61.1 Å². The zero-order chi connectivity index (χ0) is 24.4. The van der Waals surface area contributed by atoms with E-state index in [1.165, 1.54) is 0 Å².